The van der Waals surface area contributed by atoms with E-state index in [0.29, 0.717) is 13.1 Å². The molecular weight excluding hydrogens is 493 g/mol. The lowest BCUT2D eigenvalue weighted by Gasteiger charge is -2.44. The number of nitrogens with zero attached hydrogens (tertiary/aromatic N) is 1. The van der Waals surface area contributed by atoms with Crippen LogP contribution in [0.3, 0.4) is 0 Å². The summed E-state index contributed by atoms with van der Waals surface area (Å²) < 4.78 is 43.2. The first kappa shape index (κ1) is 24.9. The Kier molecular flexibility index (Phi) is 7.25. The van der Waals surface area contributed by atoms with E-state index in [1.165, 1.54) is 0 Å². The Bertz CT molecular complexity index is 1170. The zero-order valence-corrected chi connectivity index (χ0v) is 21.2. The number of hydrogen-bond donors (Lipinski definition) is 1. The highest BCUT2D eigenvalue weighted by Gasteiger charge is 2.55. The van der Waals surface area contributed by atoms with Gasteiger partial charge in [-0.05, 0) is 22.3 Å². The van der Waals surface area contributed by atoms with Gasteiger partial charge in [-0.25, -0.2) is 4.57 Å². The number of phosphoric acid groups is 1. The van der Waals surface area contributed by atoms with Crippen molar-refractivity contribution >= 4 is 7.82 Å². The van der Waals surface area contributed by atoms with Gasteiger partial charge < -0.3 is 14.6 Å². The molecule has 0 unspecified atom stereocenters. The van der Waals surface area contributed by atoms with Crippen LogP contribution in [0.2, 0.25) is 0 Å². The second-order valence-electron chi connectivity index (χ2n) is 9.57. The molecule has 3 heterocycles. The number of phosphoric ester groups is 1. The van der Waals surface area contributed by atoms with Gasteiger partial charge in [0.15, 0.2) is 6.29 Å². The Labute approximate surface area is 216 Å². The molecule has 3 aromatic rings. The molecule has 37 heavy (non-hydrogen) atoms. The fraction of sp³-hybridized carbons (Fsp3) is 0.357. The van der Waals surface area contributed by atoms with Crippen LogP contribution in [0.4, 0.5) is 0 Å². The molecule has 194 valence electrons. The van der Waals surface area contributed by atoms with Crippen LogP contribution in [0.25, 0.3) is 0 Å². The standard InChI is InChI=1S/C28H30NO7P/c30-26-24-19-32-28(35-24)27(36-37(31)33-17-22-13-7-8-14-23(22)18-34-37)25(26)29(15-20-9-3-1-4-10-20)16-21-11-5-2-6-12-21/h1-14,24-28,30H,15-19H2/t24-,25-,26+,27-,28-/m1/s1. The Morgan fingerprint density at radius 2 is 1.38 bits per heavy atom. The quantitative estimate of drug-likeness (QED) is 0.456. The molecule has 0 amide bonds. The van der Waals surface area contributed by atoms with E-state index >= 15 is 0 Å². The number of aliphatic hydroxyl groups is 1. The van der Waals surface area contributed by atoms with Crippen molar-refractivity contribution in [2.24, 2.45) is 0 Å². The van der Waals surface area contributed by atoms with E-state index in [1.807, 2.05) is 84.9 Å². The number of ether oxygens (including phenoxy) is 2. The first-order valence-corrected chi connectivity index (χ1v) is 14.0. The van der Waals surface area contributed by atoms with E-state index < -0.39 is 38.5 Å². The summed E-state index contributed by atoms with van der Waals surface area (Å²) >= 11 is 0. The Hall–Kier alpha value is -2.39. The van der Waals surface area contributed by atoms with Crippen molar-refractivity contribution in [3.05, 3.63) is 107 Å². The first-order valence-electron chi connectivity index (χ1n) is 12.5. The van der Waals surface area contributed by atoms with Crippen LogP contribution < -0.4 is 0 Å². The zero-order valence-electron chi connectivity index (χ0n) is 20.3. The van der Waals surface area contributed by atoms with Gasteiger partial charge in [0.2, 0.25) is 0 Å². The van der Waals surface area contributed by atoms with E-state index in [2.05, 4.69) is 4.90 Å². The van der Waals surface area contributed by atoms with Crippen LogP contribution >= 0.6 is 7.82 Å². The molecule has 2 saturated heterocycles. The molecule has 3 aliphatic rings. The lowest BCUT2D eigenvalue weighted by atomic mass is 9.95. The van der Waals surface area contributed by atoms with Crippen LogP contribution in [0, 0.1) is 0 Å². The fourth-order valence-electron chi connectivity index (χ4n) is 5.19. The summed E-state index contributed by atoms with van der Waals surface area (Å²) in [4.78, 5) is 2.13. The monoisotopic (exact) mass is 523 g/mol. The lowest BCUT2D eigenvalue weighted by Crippen LogP contribution is -2.61. The Morgan fingerprint density at radius 3 is 1.95 bits per heavy atom. The molecule has 0 aliphatic carbocycles. The summed E-state index contributed by atoms with van der Waals surface area (Å²) in [6.45, 7) is 1.49. The van der Waals surface area contributed by atoms with Gasteiger partial charge in [-0.15, -0.1) is 0 Å². The summed E-state index contributed by atoms with van der Waals surface area (Å²) in [5.41, 5.74) is 3.95. The summed E-state index contributed by atoms with van der Waals surface area (Å²) in [5.74, 6) is 0. The minimum absolute atomic E-state index is 0.0974. The third-order valence-corrected chi connectivity index (χ3v) is 8.47. The molecule has 0 aromatic heterocycles. The maximum atomic E-state index is 13.8. The van der Waals surface area contributed by atoms with E-state index in [9.17, 15) is 9.67 Å². The fourth-order valence-corrected chi connectivity index (χ4v) is 6.50. The molecule has 0 spiro atoms. The highest BCUT2D eigenvalue weighted by molar-refractivity contribution is 7.48. The van der Waals surface area contributed by atoms with Gasteiger partial charge in [-0.1, -0.05) is 84.9 Å². The summed E-state index contributed by atoms with van der Waals surface area (Å²) in [6, 6.07) is 27.1. The lowest BCUT2D eigenvalue weighted by molar-refractivity contribution is -0.213. The Morgan fingerprint density at radius 1 is 0.838 bits per heavy atom. The van der Waals surface area contributed by atoms with Crippen LogP contribution in [-0.4, -0.2) is 47.3 Å². The average molecular weight is 524 g/mol. The second-order valence-corrected chi connectivity index (χ2v) is 11.2. The van der Waals surface area contributed by atoms with Gasteiger partial charge in [0.25, 0.3) is 0 Å². The number of rotatable bonds is 7. The third-order valence-electron chi connectivity index (χ3n) is 7.07. The molecule has 9 heteroatoms. The molecule has 5 atom stereocenters. The van der Waals surface area contributed by atoms with Gasteiger partial charge in [0.1, 0.15) is 18.3 Å². The minimum atomic E-state index is -4.01. The maximum Gasteiger partial charge on any atom is 0.475 e. The molecule has 3 aliphatic heterocycles. The third kappa shape index (κ3) is 5.43. The van der Waals surface area contributed by atoms with E-state index in [4.69, 9.17) is 23.0 Å². The van der Waals surface area contributed by atoms with Crippen molar-refractivity contribution in [3.63, 3.8) is 0 Å². The smallest absolute Gasteiger partial charge is 0.389 e. The number of benzene rings is 3. The molecule has 1 N–H and O–H groups in total. The predicted octanol–water partition coefficient (Wildman–Crippen LogP) is 4.41. The van der Waals surface area contributed by atoms with Gasteiger partial charge >= 0.3 is 7.82 Å². The van der Waals surface area contributed by atoms with E-state index in [1.54, 1.807) is 0 Å². The van der Waals surface area contributed by atoms with Crippen LogP contribution in [0.1, 0.15) is 22.3 Å². The highest BCUT2D eigenvalue weighted by atomic mass is 31.2. The van der Waals surface area contributed by atoms with Crippen LogP contribution in [-0.2, 0) is 53.9 Å². The largest absolute Gasteiger partial charge is 0.475 e. The normalized spacial score (nSPS) is 28.5. The van der Waals surface area contributed by atoms with Crippen LogP contribution in [0.15, 0.2) is 84.9 Å². The van der Waals surface area contributed by atoms with Gasteiger partial charge in [-0.2, -0.15) is 0 Å². The minimum Gasteiger partial charge on any atom is -0.389 e. The molecule has 8 nitrogen and oxygen atoms in total. The predicted molar refractivity (Wildman–Crippen MR) is 135 cm³/mol. The van der Waals surface area contributed by atoms with Crippen molar-refractivity contribution in [3.8, 4) is 0 Å². The summed E-state index contributed by atoms with van der Waals surface area (Å²) in [5, 5.41) is 11.5. The van der Waals surface area contributed by atoms with Crippen molar-refractivity contribution in [2.45, 2.75) is 56.9 Å². The first-order chi connectivity index (χ1) is 18.1. The molecule has 2 fully saturated rings. The molecular formula is C28H30NO7P. The highest BCUT2D eigenvalue weighted by Crippen LogP contribution is 2.55. The molecule has 0 radical (unpaired) electrons. The van der Waals surface area contributed by atoms with E-state index in [-0.39, 0.29) is 19.8 Å². The van der Waals surface area contributed by atoms with Crippen molar-refractivity contribution < 1.29 is 32.7 Å². The topological polar surface area (TPSA) is 86.7 Å². The van der Waals surface area contributed by atoms with Gasteiger partial charge in [-0.3, -0.25) is 18.5 Å². The van der Waals surface area contributed by atoms with Crippen molar-refractivity contribution in [1.82, 2.24) is 4.90 Å². The summed E-state index contributed by atoms with van der Waals surface area (Å²) in [7, 11) is -4.01. The van der Waals surface area contributed by atoms with Gasteiger partial charge in [0, 0.05) is 13.1 Å². The number of fused-ring (bicyclic) bond motifs is 3. The average Bonchev–Trinajstić information content (AvgIpc) is 3.30. The maximum absolute atomic E-state index is 13.8. The SMILES string of the molecule is O=P1(O[C@H]2[C@@H]3OC[C@@H](O3)[C@H](O)[C@H]2N(Cc2ccccc2)Cc2ccccc2)OCc2ccccc2CO1. The second kappa shape index (κ2) is 10.8. The number of aliphatic hydroxyl groups excluding tert-OH is 1. The number of hydrogen-bond acceptors (Lipinski definition) is 8. The van der Waals surface area contributed by atoms with Crippen molar-refractivity contribution in [2.75, 3.05) is 6.61 Å². The molecule has 6 rings (SSSR count). The van der Waals surface area contributed by atoms with Crippen LogP contribution in [0.5, 0.6) is 0 Å². The van der Waals surface area contributed by atoms with E-state index in [0.717, 1.165) is 22.3 Å². The molecule has 3 aromatic carbocycles. The molecule has 0 saturated carbocycles. The van der Waals surface area contributed by atoms with Gasteiger partial charge in [0.05, 0.1) is 25.9 Å². The Balaban J connectivity index is 1.31. The van der Waals surface area contributed by atoms with Crippen molar-refractivity contribution in [1.29, 1.82) is 0 Å². The summed E-state index contributed by atoms with van der Waals surface area (Å²) in [6.07, 6.45) is -3.17. The zero-order chi connectivity index (χ0) is 25.2. The molecule has 2 bridgehead atoms.